The summed E-state index contributed by atoms with van der Waals surface area (Å²) in [6.45, 7) is 3.96. The average Bonchev–Trinajstić information content (AvgIpc) is 3.09. The van der Waals surface area contributed by atoms with Crippen LogP contribution in [0.5, 0.6) is 0 Å². The summed E-state index contributed by atoms with van der Waals surface area (Å²) in [5.74, 6) is -0.347. The minimum Gasteiger partial charge on any atom is -0.349 e. The number of nitrogens with one attached hydrogen (secondary N) is 2. The number of hydrogen-bond acceptors (Lipinski definition) is 4. The Hall–Kier alpha value is -2.99. The van der Waals surface area contributed by atoms with Crippen molar-refractivity contribution >= 4 is 39.1 Å². The van der Waals surface area contributed by atoms with E-state index in [0.29, 0.717) is 30.6 Å². The lowest BCUT2D eigenvalue weighted by atomic mass is 10.1. The summed E-state index contributed by atoms with van der Waals surface area (Å²) in [6, 6.07) is 15.0. The molecule has 0 spiro atoms. The molecule has 138 valence electrons. The van der Waals surface area contributed by atoms with E-state index in [-0.39, 0.29) is 11.8 Å². The molecule has 5 nitrogen and oxygen atoms in total. The molecule has 0 aliphatic heterocycles. The van der Waals surface area contributed by atoms with Gasteiger partial charge in [-0.25, -0.2) is 4.98 Å². The molecule has 1 heterocycles. The zero-order chi connectivity index (χ0) is 19.1. The second-order valence-corrected chi connectivity index (χ2v) is 7.14. The van der Waals surface area contributed by atoms with E-state index in [1.54, 1.807) is 41.7 Å². The zero-order valence-electron chi connectivity index (χ0n) is 14.9. The van der Waals surface area contributed by atoms with E-state index >= 15 is 0 Å². The Labute approximate surface area is 162 Å². The molecule has 0 aliphatic carbocycles. The van der Waals surface area contributed by atoms with Gasteiger partial charge in [0.25, 0.3) is 5.91 Å². The van der Waals surface area contributed by atoms with Gasteiger partial charge in [0.1, 0.15) is 0 Å². The van der Waals surface area contributed by atoms with Crippen LogP contribution < -0.4 is 10.6 Å². The Morgan fingerprint density at radius 1 is 1.11 bits per heavy atom. The maximum atomic E-state index is 12.3. The topological polar surface area (TPSA) is 71.1 Å². The molecular formula is C21H21N3O2S. The number of benzene rings is 2. The van der Waals surface area contributed by atoms with Crippen LogP contribution >= 0.6 is 11.3 Å². The molecular weight excluding hydrogens is 358 g/mol. The average molecular weight is 379 g/mol. The van der Waals surface area contributed by atoms with Gasteiger partial charge in [0.05, 0.1) is 26.5 Å². The monoisotopic (exact) mass is 379 g/mol. The highest BCUT2D eigenvalue weighted by Crippen LogP contribution is 2.23. The number of rotatable bonds is 8. The van der Waals surface area contributed by atoms with Gasteiger partial charge < -0.3 is 10.6 Å². The summed E-state index contributed by atoms with van der Waals surface area (Å²) < 4.78 is 1.16. The first-order valence-corrected chi connectivity index (χ1v) is 9.61. The van der Waals surface area contributed by atoms with Crippen molar-refractivity contribution in [2.75, 3.05) is 11.9 Å². The number of hydrogen-bond donors (Lipinski definition) is 2. The Balaban J connectivity index is 1.55. The molecule has 0 radical (unpaired) electrons. The van der Waals surface area contributed by atoms with E-state index in [9.17, 15) is 9.59 Å². The molecule has 0 fully saturated rings. The van der Waals surface area contributed by atoms with E-state index in [0.717, 1.165) is 21.6 Å². The van der Waals surface area contributed by atoms with Gasteiger partial charge in [-0.3, -0.25) is 9.59 Å². The molecule has 0 saturated carbocycles. The van der Waals surface area contributed by atoms with Gasteiger partial charge in [0, 0.05) is 13.0 Å². The number of para-hydroxylation sites is 2. The second kappa shape index (κ2) is 9.09. The molecule has 3 aromatic rings. The lowest BCUT2D eigenvalue weighted by Gasteiger charge is -2.10. The van der Waals surface area contributed by atoms with Crippen molar-refractivity contribution in [2.24, 2.45) is 0 Å². The van der Waals surface area contributed by atoms with Crippen molar-refractivity contribution in [1.82, 2.24) is 10.3 Å². The van der Waals surface area contributed by atoms with Gasteiger partial charge in [-0.15, -0.1) is 17.9 Å². The molecule has 27 heavy (non-hydrogen) atoms. The van der Waals surface area contributed by atoms with Crippen molar-refractivity contribution in [1.29, 1.82) is 0 Å². The number of thiazole rings is 1. The van der Waals surface area contributed by atoms with Crippen molar-refractivity contribution in [3.8, 4) is 0 Å². The van der Waals surface area contributed by atoms with Crippen molar-refractivity contribution in [2.45, 2.75) is 19.3 Å². The molecule has 2 N–H and O–H groups in total. The summed E-state index contributed by atoms with van der Waals surface area (Å²) in [6.07, 6.45) is 3.45. The minimum atomic E-state index is -0.236. The second-order valence-electron chi connectivity index (χ2n) is 6.02. The van der Waals surface area contributed by atoms with Gasteiger partial charge in [0.2, 0.25) is 5.91 Å². The van der Waals surface area contributed by atoms with Gasteiger partial charge in [-0.1, -0.05) is 30.3 Å². The van der Waals surface area contributed by atoms with Crippen LogP contribution in [-0.4, -0.2) is 23.3 Å². The van der Waals surface area contributed by atoms with Crippen molar-refractivity contribution < 1.29 is 9.59 Å². The normalized spacial score (nSPS) is 10.5. The first-order chi connectivity index (χ1) is 13.2. The van der Waals surface area contributed by atoms with Crippen LogP contribution in [0.4, 0.5) is 5.69 Å². The molecule has 0 aliphatic rings. The fourth-order valence-electron chi connectivity index (χ4n) is 2.69. The summed E-state index contributed by atoms with van der Waals surface area (Å²) >= 11 is 1.66. The molecule has 0 saturated heterocycles. The van der Waals surface area contributed by atoms with Crippen LogP contribution in [-0.2, 0) is 11.2 Å². The first-order valence-electron chi connectivity index (χ1n) is 8.80. The summed E-state index contributed by atoms with van der Waals surface area (Å²) in [5, 5.41) is 6.60. The van der Waals surface area contributed by atoms with Gasteiger partial charge in [-0.05, 0) is 37.1 Å². The third-order valence-electron chi connectivity index (χ3n) is 3.99. The van der Waals surface area contributed by atoms with Crippen LogP contribution in [0.1, 0.15) is 28.2 Å². The van der Waals surface area contributed by atoms with E-state index < -0.39 is 0 Å². The third kappa shape index (κ3) is 5.01. The summed E-state index contributed by atoms with van der Waals surface area (Å²) in [7, 11) is 0. The Bertz CT molecular complexity index is 932. The standard InChI is InChI=1S/C21H21N3O2S/c1-2-14-22-21(26)15-8-3-4-9-16(15)23-19(25)12-7-13-20-24-17-10-5-6-11-18(17)27-20/h2-6,8-11H,1,7,12-14H2,(H,22,26)(H,23,25). The fraction of sp³-hybridized carbons (Fsp3) is 0.190. The zero-order valence-corrected chi connectivity index (χ0v) is 15.7. The maximum absolute atomic E-state index is 12.3. The molecule has 1 aromatic heterocycles. The van der Waals surface area contributed by atoms with Gasteiger partial charge in [0.15, 0.2) is 0 Å². The van der Waals surface area contributed by atoms with Crippen LogP contribution in [0, 0.1) is 0 Å². The number of fused-ring (bicyclic) bond motifs is 1. The maximum Gasteiger partial charge on any atom is 0.253 e. The third-order valence-corrected chi connectivity index (χ3v) is 5.08. The smallest absolute Gasteiger partial charge is 0.253 e. The Morgan fingerprint density at radius 3 is 2.70 bits per heavy atom. The first kappa shape index (κ1) is 18.8. The molecule has 0 bridgehead atoms. The molecule has 3 rings (SSSR count). The van der Waals surface area contributed by atoms with E-state index in [1.165, 1.54) is 0 Å². The largest absolute Gasteiger partial charge is 0.349 e. The highest BCUT2D eigenvalue weighted by molar-refractivity contribution is 7.18. The lowest BCUT2D eigenvalue weighted by Crippen LogP contribution is -2.25. The van der Waals surface area contributed by atoms with Crippen molar-refractivity contribution in [3.63, 3.8) is 0 Å². The number of nitrogens with zero attached hydrogens (tertiary/aromatic N) is 1. The lowest BCUT2D eigenvalue weighted by molar-refractivity contribution is -0.116. The van der Waals surface area contributed by atoms with Gasteiger partial charge in [-0.2, -0.15) is 0 Å². The number of aryl methyl sites for hydroxylation is 1. The SMILES string of the molecule is C=CCNC(=O)c1ccccc1NC(=O)CCCc1nc2ccccc2s1. The van der Waals surface area contributed by atoms with Crippen LogP contribution in [0.2, 0.25) is 0 Å². The molecule has 0 atom stereocenters. The highest BCUT2D eigenvalue weighted by atomic mass is 32.1. The quantitative estimate of drug-likeness (QED) is 0.577. The van der Waals surface area contributed by atoms with Crippen LogP contribution in [0.25, 0.3) is 10.2 Å². The predicted molar refractivity (Wildman–Crippen MR) is 110 cm³/mol. The predicted octanol–water partition coefficient (Wildman–Crippen LogP) is 4.17. The van der Waals surface area contributed by atoms with Crippen LogP contribution in [0.15, 0.2) is 61.2 Å². The minimum absolute atomic E-state index is 0.111. The molecule has 0 unspecified atom stereocenters. The molecule has 6 heteroatoms. The highest BCUT2D eigenvalue weighted by Gasteiger charge is 2.12. The Morgan fingerprint density at radius 2 is 1.89 bits per heavy atom. The number of carbonyl (C=O) groups excluding carboxylic acids is 2. The summed E-state index contributed by atoms with van der Waals surface area (Å²) in [4.78, 5) is 29.0. The van der Waals surface area contributed by atoms with Gasteiger partial charge >= 0.3 is 0 Å². The Kier molecular flexibility index (Phi) is 6.33. The number of anilines is 1. The number of aromatic nitrogens is 1. The molecule has 2 aromatic carbocycles. The molecule has 2 amide bonds. The number of carbonyl (C=O) groups is 2. The van der Waals surface area contributed by atoms with E-state index in [4.69, 9.17) is 0 Å². The van der Waals surface area contributed by atoms with Crippen molar-refractivity contribution in [3.05, 3.63) is 71.8 Å². The van der Waals surface area contributed by atoms with E-state index in [2.05, 4.69) is 28.3 Å². The number of amides is 2. The fourth-order valence-corrected chi connectivity index (χ4v) is 3.70. The summed E-state index contributed by atoms with van der Waals surface area (Å²) in [5.41, 5.74) is 1.96. The van der Waals surface area contributed by atoms with E-state index in [1.807, 2.05) is 18.2 Å². The van der Waals surface area contributed by atoms with Crippen LogP contribution in [0.3, 0.4) is 0 Å².